The van der Waals surface area contributed by atoms with Gasteiger partial charge in [-0.1, -0.05) is 34.6 Å². The van der Waals surface area contributed by atoms with Crippen LogP contribution < -0.4 is 0 Å². The van der Waals surface area contributed by atoms with Crippen molar-refractivity contribution in [2.24, 2.45) is 11.8 Å². The average Bonchev–Trinajstić information content (AvgIpc) is 3.02. The molecule has 1 saturated carbocycles. The van der Waals surface area contributed by atoms with Crippen LogP contribution in [-0.2, 0) is 18.7 Å². The fourth-order valence-corrected chi connectivity index (χ4v) is 4.50. The van der Waals surface area contributed by atoms with Crippen molar-refractivity contribution in [3.63, 3.8) is 0 Å². The summed E-state index contributed by atoms with van der Waals surface area (Å²) in [6.45, 7) is 18.3. The van der Waals surface area contributed by atoms with Gasteiger partial charge in [0.15, 0.2) is 8.32 Å². The van der Waals surface area contributed by atoms with E-state index in [9.17, 15) is 4.79 Å². The minimum atomic E-state index is -1.77. The highest BCUT2D eigenvalue weighted by molar-refractivity contribution is 6.74. The molecule has 0 aromatic heterocycles. The lowest BCUT2D eigenvalue weighted by Gasteiger charge is -2.39. The quantitative estimate of drug-likeness (QED) is 0.439. The van der Waals surface area contributed by atoms with E-state index in [2.05, 4.69) is 54.6 Å². The number of carbonyl (C=O) groups is 1. The van der Waals surface area contributed by atoms with Gasteiger partial charge in [0, 0.05) is 7.11 Å². The molecule has 1 aliphatic rings. The highest BCUT2D eigenvalue weighted by atomic mass is 28.4. The molecule has 0 N–H and O–H groups in total. The summed E-state index contributed by atoms with van der Waals surface area (Å²) in [4.78, 5) is 11.9. The fraction of sp³-hybridized carbons (Fsp3) is 0.947. The highest BCUT2D eigenvalue weighted by Crippen LogP contribution is 2.54. The third kappa shape index (κ3) is 5.85. The molecule has 0 bridgehead atoms. The molecular formula is C19H38O4Si. The zero-order chi connectivity index (χ0) is 18.8. The lowest BCUT2D eigenvalue weighted by Crippen LogP contribution is -2.44. The van der Waals surface area contributed by atoms with Gasteiger partial charge in [-0.05, 0) is 49.7 Å². The second kappa shape index (κ2) is 7.88. The fourth-order valence-electron chi connectivity index (χ4n) is 2.77. The maximum atomic E-state index is 11.9. The van der Waals surface area contributed by atoms with Crippen LogP contribution in [-0.4, -0.2) is 39.7 Å². The topological polar surface area (TPSA) is 44.8 Å². The van der Waals surface area contributed by atoms with E-state index in [4.69, 9.17) is 13.9 Å². The summed E-state index contributed by atoms with van der Waals surface area (Å²) >= 11 is 0. The molecule has 24 heavy (non-hydrogen) atoms. The SMILES string of the molecule is COCCC(=O)O[C@@H](C[C@@H]1C[C@]1(C)O[Si](C)(C)C(C)(C)C)C(C)C. The third-order valence-corrected chi connectivity index (χ3v) is 10.3. The Bertz CT molecular complexity index is 428. The molecule has 1 aliphatic carbocycles. The van der Waals surface area contributed by atoms with Crippen molar-refractivity contribution in [1.82, 2.24) is 0 Å². The molecule has 0 aromatic rings. The molecule has 3 atom stereocenters. The van der Waals surface area contributed by atoms with Crippen LogP contribution in [0.3, 0.4) is 0 Å². The predicted octanol–water partition coefficient (Wildman–Crippen LogP) is 4.78. The first-order valence-electron chi connectivity index (χ1n) is 9.21. The molecule has 0 radical (unpaired) electrons. The smallest absolute Gasteiger partial charge is 0.308 e. The van der Waals surface area contributed by atoms with Gasteiger partial charge < -0.3 is 13.9 Å². The van der Waals surface area contributed by atoms with Crippen LogP contribution >= 0.6 is 0 Å². The summed E-state index contributed by atoms with van der Waals surface area (Å²) in [5.41, 5.74) is -0.0465. The molecule has 0 amide bonds. The second-order valence-corrected chi connectivity index (χ2v) is 14.1. The molecule has 1 fully saturated rings. The zero-order valence-electron chi connectivity index (χ0n) is 17.2. The molecule has 1 rings (SSSR count). The summed E-state index contributed by atoms with van der Waals surface area (Å²) in [6.07, 6.45) is 2.24. The monoisotopic (exact) mass is 358 g/mol. The number of hydrogen-bond acceptors (Lipinski definition) is 4. The number of esters is 1. The maximum Gasteiger partial charge on any atom is 0.308 e. The Labute approximate surface area is 149 Å². The van der Waals surface area contributed by atoms with Crippen molar-refractivity contribution >= 4 is 14.3 Å². The van der Waals surface area contributed by atoms with Gasteiger partial charge in [-0.15, -0.1) is 0 Å². The van der Waals surface area contributed by atoms with Crippen molar-refractivity contribution in [3.8, 4) is 0 Å². The van der Waals surface area contributed by atoms with Gasteiger partial charge in [0.25, 0.3) is 0 Å². The van der Waals surface area contributed by atoms with E-state index in [1.54, 1.807) is 7.11 Å². The van der Waals surface area contributed by atoms with Gasteiger partial charge in [0.1, 0.15) is 6.10 Å². The van der Waals surface area contributed by atoms with Gasteiger partial charge in [-0.2, -0.15) is 0 Å². The molecule has 0 aliphatic heterocycles. The first-order valence-corrected chi connectivity index (χ1v) is 12.1. The Morgan fingerprint density at radius 2 is 1.88 bits per heavy atom. The minimum absolute atomic E-state index is 0.0378. The van der Waals surface area contributed by atoms with Crippen LogP contribution in [0.15, 0.2) is 0 Å². The van der Waals surface area contributed by atoms with Crippen molar-refractivity contribution in [1.29, 1.82) is 0 Å². The van der Waals surface area contributed by atoms with Gasteiger partial charge >= 0.3 is 5.97 Å². The number of hydrogen-bond donors (Lipinski definition) is 0. The lowest BCUT2D eigenvalue weighted by atomic mass is 10.00. The number of rotatable bonds is 9. The largest absolute Gasteiger partial charge is 0.462 e. The summed E-state index contributed by atoms with van der Waals surface area (Å²) in [6, 6.07) is 0. The van der Waals surface area contributed by atoms with E-state index in [1.165, 1.54) is 0 Å². The molecule has 0 heterocycles. The van der Waals surface area contributed by atoms with Gasteiger partial charge in [-0.25, -0.2) is 0 Å². The van der Waals surface area contributed by atoms with Crippen molar-refractivity contribution in [2.45, 2.75) is 90.6 Å². The lowest BCUT2D eigenvalue weighted by molar-refractivity contribution is -0.153. The third-order valence-electron chi connectivity index (χ3n) is 5.70. The van der Waals surface area contributed by atoms with Crippen LogP contribution in [0.25, 0.3) is 0 Å². The van der Waals surface area contributed by atoms with Gasteiger partial charge in [-0.3, -0.25) is 4.79 Å². The van der Waals surface area contributed by atoms with E-state index < -0.39 is 8.32 Å². The molecular weight excluding hydrogens is 320 g/mol. The minimum Gasteiger partial charge on any atom is -0.462 e. The van der Waals surface area contributed by atoms with E-state index in [-0.39, 0.29) is 22.7 Å². The Balaban J connectivity index is 2.60. The van der Waals surface area contributed by atoms with Crippen LogP contribution in [0, 0.1) is 11.8 Å². The Kier molecular flexibility index (Phi) is 7.10. The standard InChI is InChI=1S/C19H38O4Si/c1-14(2)16(22-17(20)10-11-21-7)12-15-13-19(15,6)23-24(8,9)18(3,4)5/h14-16H,10-13H2,1-9H3/t15-,16+,19+/m1/s1. The molecule has 5 heteroatoms. The average molecular weight is 359 g/mol. The van der Waals surface area contributed by atoms with Gasteiger partial charge in [0.05, 0.1) is 18.6 Å². The van der Waals surface area contributed by atoms with E-state index >= 15 is 0 Å². The summed E-state index contributed by atoms with van der Waals surface area (Å²) in [5, 5.41) is 0.215. The summed E-state index contributed by atoms with van der Waals surface area (Å²) in [7, 11) is -0.173. The van der Waals surface area contributed by atoms with Gasteiger partial charge in [0.2, 0.25) is 0 Å². The number of methoxy groups -OCH3 is 1. The van der Waals surface area contributed by atoms with Crippen molar-refractivity contribution in [3.05, 3.63) is 0 Å². The predicted molar refractivity (Wildman–Crippen MR) is 101 cm³/mol. The van der Waals surface area contributed by atoms with Crippen LogP contribution in [0.1, 0.15) is 60.8 Å². The first-order chi connectivity index (χ1) is 10.8. The molecule has 4 nitrogen and oxygen atoms in total. The molecule has 0 aromatic carbocycles. The van der Waals surface area contributed by atoms with E-state index in [1.807, 2.05) is 0 Å². The van der Waals surface area contributed by atoms with Crippen LogP contribution in [0.4, 0.5) is 0 Å². The number of ether oxygens (including phenoxy) is 2. The van der Waals surface area contributed by atoms with Crippen LogP contribution in [0.2, 0.25) is 18.1 Å². The molecule has 0 saturated heterocycles. The molecule has 0 unspecified atom stereocenters. The summed E-state index contributed by atoms with van der Waals surface area (Å²) < 4.78 is 17.3. The summed E-state index contributed by atoms with van der Waals surface area (Å²) in [5.74, 6) is 0.631. The van der Waals surface area contributed by atoms with Crippen molar-refractivity contribution in [2.75, 3.05) is 13.7 Å². The van der Waals surface area contributed by atoms with Crippen LogP contribution in [0.5, 0.6) is 0 Å². The maximum absolute atomic E-state index is 11.9. The molecule has 142 valence electrons. The van der Waals surface area contributed by atoms with Crippen molar-refractivity contribution < 1.29 is 18.7 Å². The normalized spacial score (nSPS) is 25.7. The molecule has 0 spiro atoms. The number of carbonyl (C=O) groups excluding carboxylic acids is 1. The highest BCUT2D eigenvalue weighted by Gasteiger charge is 2.56. The van der Waals surface area contributed by atoms with E-state index in [0.29, 0.717) is 24.9 Å². The second-order valence-electron chi connectivity index (χ2n) is 9.33. The Morgan fingerprint density at radius 3 is 2.33 bits per heavy atom. The Hall–Kier alpha value is -0.393. The van der Waals surface area contributed by atoms with E-state index in [0.717, 1.165) is 12.8 Å². The zero-order valence-corrected chi connectivity index (χ0v) is 18.2. The Morgan fingerprint density at radius 1 is 1.29 bits per heavy atom. The first kappa shape index (κ1) is 21.6.